The summed E-state index contributed by atoms with van der Waals surface area (Å²) in [4.78, 5) is 14.5. The Morgan fingerprint density at radius 3 is 3.09 bits per heavy atom. The van der Waals surface area contributed by atoms with Gasteiger partial charge < -0.3 is 9.88 Å². The highest BCUT2D eigenvalue weighted by Gasteiger charge is 2.22. The van der Waals surface area contributed by atoms with E-state index < -0.39 is 0 Å². The third kappa shape index (κ3) is 3.72. The largest absolute Gasteiger partial charge is 0.354 e. The summed E-state index contributed by atoms with van der Waals surface area (Å²) in [7, 11) is 0. The van der Waals surface area contributed by atoms with Crippen molar-refractivity contribution in [2.45, 2.75) is 38.8 Å². The molecule has 1 aliphatic rings. The lowest BCUT2D eigenvalue weighted by Crippen LogP contribution is -2.40. The lowest BCUT2D eigenvalue weighted by molar-refractivity contribution is -0.121. The first kappa shape index (κ1) is 16.0. The Kier molecular flexibility index (Phi) is 4.96. The number of fused-ring (bicyclic) bond motifs is 1. The molecule has 5 heteroatoms. The van der Waals surface area contributed by atoms with E-state index in [2.05, 4.69) is 17.1 Å². The first-order valence-corrected chi connectivity index (χ1v) is 8.42. The summed E-state index contributed by atoms with van der Waals surface area (Å²) in [6.45, 7) is 5.64. The monoisotopic (exact) mass is 317 g/mol. The van der Waals surface area contributed by atoms with Gasteiger partial charge in [-0.05, 0) is 55.6 Å². The number of likely N-dealkylation sites (tertiary alicyclic amines) is 1. The van der Waals surface area contributed by atoms with Crippen molar-refractivity contribution in [3.05, 3.63) is 36.3 Å². The van der Waals surface area contributed by atoms with Gasteiger partial charge in [0.2, 0.25) is 5.91 Å². The molecule has 2 aromatic rings. The van der Waals surface area contributed by atoms with Gasteiger partial charge in [0.25, 0.3) is 0 Å². The maximum Gasteiger partial charge on any atom is 0.221 e. The van der Waals surface area contributed by atoms with E-state index in [9.17, 15) is 9.18 Å². The number of aromatic nitrogens is 1. The number of halogens is 1. The molecule has 1 amide bonds. The highest BCUT2D eigenvalue weighted by molar-refractivity contribution is 5.80. The average molecular weight is 317 g/mol. The minimum Gasteiger partial charge on any atom is -0.354 e. The van der Waals surface area contributed by atoms with E-state index in [-0.39, 0.29) is 11.7 Å². The average Bonchev–Trinajstić information content (AvgIpc) is 3.16. The smallest absolute Gasteiger partial charge is 0.221 e. The van der Waals surface area contributed by atoms with Crippen molar-refractivity contribution in [3.63, 3.8) is 0 Å². The Balaban J connectivity index is 1.51. The quantitative estimate of drug-likeness (QED) is 0.889. The maximum absolute atomic E-state index is 13.4. The van der Waals surface area contributed by atoms with E-state index in [1.807, 2.05) is 16.8 Å². The van der Waals surface area contributed by atoms with Gasteiger partial charge in [0.15, 0.2) is 0 Å². The normalized spacial score (nSPS) is 18.6. The number of benzene rings is 1. The number of hydrogen-bond donors (Lipinski definition) is 1. The molecule has 0 bridgehead atoms. The summed E-state index contributed by atoms with van der Waals surface area (Å²) in [5.41, 5.74) is 0.839. The van der Waals surface area contributed by atoms with Crippen molar-refractivity contribution in [2.75, 3.05) is 19.6 Å². The van der Waals surface area contributed by atoms with Crippen molar-refractivity contribution in [1.82, 2.24) is 14.8 Å². The fraction of sp³-hybridized carbons (Fsp3) is 0.500. The molecule has 1 saturated heterocycles. The highest BCUT2D eigenvalue weighted by Crippen LogP contribution is 2.18. The molecule has 1 N–H and O–H groups in total. The van der Waals surface area contributed by atoms with E-state index >= 15 is 0 Å². The molecule has 0 spiro atoms. The Morgan fingerprint density at radius 1 is 1.39 bits per heavy atom. The summed E-state index contributed by atoms with van der Waals surface area (Å²) in [6, 6.07) is 7.17. The molecule has 1 fully saturated rings. The SMILES string of the molecule is CCN1CCCC1CNC(=O)CCn1ccc2ccc(F)cc21. The number of rotatable bonds is 6. The van der Waals surface area contributed by atoms with Crippen LogP contribution < -0.4 is 5.32 Å². The standard InChI is InChI=1S/C18H24FN3O/c1-2-21-9-3-4-16(21)13-20-18(23)8-11-22-10-7-14-5-6-15(19)12-17(14)22/h5-7,10,12,16H,2-4,8-9,11,13H2,1H3,(H,20,23). The Hall–Kier alpha value is -1.88. The molecule has 0 aliphatic carbocycles. The number of aryl methyl sites for hydroxylation is 1. The molecule has 0 radical (unpaired) electrons. The van der Waals surface area contributed by atoms with E-state index in [0.717, 1.165) is 37.0 Å². The van der Waals surface area contributed by atoms with E-state index in [4.69, 9.17) is 0 Å². The Morgan fingerprint density at radius 2 is 2.26 bits per heavy atom. The van der Waals surface area contributed by atoms with Crippen LogP contribution in [0.1, 0.15) is 26.2 Å². The zero-order chi connectivity index (χ0) is 16.2. The third-order valence-electron chi connectivity index (χ3n) is 4.76. The summed E-state index contributed by atoms with van der Waals surface area (Å²) >= 11 is 0. The van der Waals surface area contributed by atoms with Gasteiger partial charge in [0.05, 0.1) is 5.52 Å². The van der Waals surface area contributed by atoms with Crippen molar-refractivity contribution >= 4 is 16.8 Å². The van der Waals surface area contributed by atoms with Crippen LogP contribution >= 0.6 is 0 Å². The van der Waals surface area contributed by atoms with Crippen molar-refractivity contribution in [2.24, 2.45) is 0 Å². The highest BCUT2D eigenvalue weighted by atomic mass is 19.1. The first-order chi connectivity index (χ1) is 11.2. The number of nitrogens with zero attached hydrogens (tertiary/aromatic N) is 2. The number of likely N-dealkylation sites (N-methyl/N-ethyl adjacent to an activating group) is 1. The second-order valence-electron chi connectivity index (χ2n) is 6.19. The van der Waals surface area contributed by atoms with Crippen LogP contribution in [0.15, 0.2) is 30.5 Å². The molecule has 1 unspecified atom stereocenters. The van der Waals surface area contributed by atoms with E-state index in [1.165, 1.54) is 18.6 Å². The van der Waals surface area contributed by atoms with Gasteiger partial charge in [-0.1, -0.05) is 6.92 Å². The van der Waals surface area contributed by atoms with Crippen LogP contribution in [0.4, 0.5) is 4.39 Å². The molecule has 1 aromatic heterocycles. The summed E-state index contributed by atoms with van der Waals surface area (Å²) in [5.74, 6) is -0.186. The number of amides is 1. The van der Waals surface area contributed by atoms with Gasteiger partial charge in [0.1, 0.15) is 5.82 Å². The molecule has 4 nitrogen and oxygen atoms in total. The molecule has 23 heavy (non-hydrogen) atoms. The molecule has 1 aliphatic heterocycles. The zero-order valence-corrected chi connectivity index (χ0v) is 13.6. The summed E-state index contributed by atoms with van der Waals surface area (Å²) < 4.78 is 15.3. The molecule has 3 rings (SSSR count). The van der Waals surface area contributed by atoms with Gasteiger partial charge in [-0.25, -0.2) is 4.39 Å². The Labute approximate surface area is 136 Å². The van der Waals surface area contributed by atoms with E-state index in [0.29, 0.717) is 19.0 Å². The fourth-order valence-electron chi connectivity index (χ4n) is 3.44. The molecule has 1 aromatic carbocycles. The molecule has 2 heterocycles. The second-order valence-corrected chi connectivity index (χ2v) is 6.19. The summed E-state index contributed by atoms with van der Waals surface area (Å²) in [5, 5.41) is 4.04. The topological polar surface area (TPSA) is 37.3 Å². The van der Waals surface area contributed by atoms with E-state index in [1.54, 1.807) is 6.07 Å². The fourth-order valence-corrected chi connectivity index (χ4v) is 3.44. The van der Waals surface area contributed by atoms with Crippen LogP contribution in [0.25, 0.3) is 10.9 Å². The Bertz CT molecular complexity index is 682. The predicted molar refractivity (Wildman–Crippen MR) is 89.8 cm³/mol. The van der Waals surface area contributed by atoms with Gasteiger partial charge in [-0.3, -0.25) is 9.69 Å². The molecular weight excluding hydrogens is 293 g/mol. The first-order valence-electron chi connectivity index (χ1n) is 8.42. The van der Waals surface area contributed by atoms with Crippen LogP contribution in [0.3, 0.4) is 0 Å². The second kappa shape index (κ2) is 7.13. The minimum absolute atomic E-state index is 0.0613. The van der Waals surface area contributed by atoms with Crippen molar-refractivity contribution in [3.8, 4) is 0 Å². The summed E-state index contributed by atoms with van der Waals surface area (Å²) in [6.07, 6.45) is 4.71. The van der Waals surface area contributed by atoms with Gasteiger partial charge in [-0.15, -0.1) is 0 Å². The lowest BCUT2D eigenvalue weighted by Gasteiger charge is -2.22. The third-order valence-corrected chi connectivity index (χ3v) is 4.76. The zero-order valence-electron chi connectivity index (χ0n) is 13.6. The minimum atomic E-state index is -0.247. The lowest BCUT2D eigenvalue weighted by atomic mass is 10.2. The van der Waals surface area contributed by atoms with Crippen LogP contribution in [0.5, 0.6) is 0 Å². The van der Waals surface area contributed by atoms with Crippen molar-refractivity contribution < 1.29 is 9.18 Å². The van der Waals surface area contributed by atoms with Gasteiger partial charge in [0, 0.05) is 31.7 Å². The number of hydrogen-bond acceptors (Lipinski definition) is 2. The maximum atomic E-state index is 13.4. The number of carbonyl (C=O) groups excluding carboxylic acids is 1. The van der Waals surface area contributed by atoms with Crippen LogP contribution in [-0.4, -0.2) is 41.1 Å². The van der Waals surface area contributed by atoms with Crippen LogP contribution in [-0.2, 0) is 11.3 Å². The predicted octanol–water partition coefficient (Wildman–Crippen LogP) is 2.77. The molecule has 0 saturated carbocycles. The van der Waals surface area contributed by atoms with Crippen LogP contribution in [0.2, 0.25) is 0 Å². The molecule has 124 valence electrons. The molecular formula is C18H24FN3O. The number of nitrogens with one attached hydrogen (secondary N) is 1. The van der Waals surface area contributed by atoms with Crippen molar-refractivity contribution in [1.29, 1.82) is 0 Å². The number of carbonyl (C=O) groups is 1. The molecule has 1 atom stereocenters. The van der Waals surface area contributed by atoms with Gasteiger partial charge >= 0.3 is 0 Å². The van der Waals surface area contributed by atoms with Gasteiger partial charge in [-0.2, -0.15) is 0 Å². The van der Waals surface area contributed by atoms with Crippen LogP contribution in [0, 0.1) is 5.82 Å².